The van der Waals surface area contributed by atoms with Crippen molar-refractivity contribution < 1.29 is 19.0 Å². The lowest BCUT2D eigenvalue weighted by Gasteiger charge is -2.26. The summed E-state index contributed by atoms with van der Waals surface area (Å²) in [5, 5.41) is 0. The molecule has 1 aliphatic heterocycles. The monoisotopic (exact) mass is 307 g/mol. The van der Waals surface area contributed by atoms with Gasteiger partial charge in [0.1, 0.15) is 0 Å². The molecular formula is C17H25NO4. The largest absolute Gasteiger partial charge is 0.493 e. The molecule has 1 aliphatic rings. The Balaban J connectivity index is 2.11. The quantitative estimate of drug-likeness (QED) is 0.725. The van der Waals surface area contributed by atoms with E-state index >= 15 is 0 Å². The van der Waals surface area contributed by atoms with Gasteiger partial charge in [0, 0.05) is 13.0 Å². The molecule has 0 atom stereocenters. The minimum Gasteiger partial charge on any atom is -0.493 e. The van der Waals surface area contributed by atoms with Crippen molar-refractivity contribution in [3.05, 3.63) is 17.7 Å². The predicted molar refractivity (Wildman–Crippen MR) is 85.3 cm³/mol. The third kappa shape index (κ3) is 3.71. The van der Waals surface area contributed by atoms with E-state index in [4.69, 9.17) is 14.2 Å². The Morgan fingerprint density at radius 2 is 1.68 bits per heavy atom. The number of piperidine rings is 1. The van der Waals surface area contributed by atoms with E-state index in [-0.39, 0.29) is 5.78 Å². The van der Waals surface area contributed by atoms with Gasteiger partial charge < -0.3 is 19.1 Å². The zero-order valence-corrected chi connectivity index (χ0v) is 13.7. The van der Waals surface area contributed by atoms with Crippen molar-refractivity contribution in [1.82, 2.24) is 4.90 Å². The summed E-state index contributed by atoms with van der Waals surface area (Å²) in [6, 6.07) is 3.49. The third-order valence-electron chi connectivity index (χ3n) is 4.11. The molecule has 5 heteroatoms. The normalized spacial score (nSPS) is 15.4. The van der Waals surface area contributed by atoms with Crippen LogP contribution in [0.1, 0.15) is 36.0 Å². The number of hydrogen-bond acceptors (Lipinski definition) is 5. The van der Waals surface area contributed by atoms with E-state index in [0.717, 1.165) is 19.6 Å². The standard InChI is InChI=1S/C17H25NO4/c1-20-15-8-7-13(16(21-2)17(15)22-3)14(19)9-12-18-10-5-4-6-11-18/h7-8H,4-6,9-12H2,1-3H3. The van der Waals surface area contributed by atoms with Crippen LogP contribution in [-0.4, -0.2) is 51.6 Å². The average Bonchev–Trinajstić information content (AvgIpc) is 2.58. The molecule has 0 saturated carbocycles. The molecule has 2 rings (SSSR count). The van der Waals surface area contributed by atoms with Gasteiger partial charge in [-0.3, -0.25) is 4.79 Å². The molecule has 1 fully saturated rings. The molecule has 1 aromatic rings. The fraction of sp³-hybridized carbons (Fsp3) is 0.588. The Bertz CT molecular complexity index is 510. The van der Waals surface area contributed by atoms with Crippen molar-refractivity contribution in [3.8, 4) is 17.2 Å². The summed E-state index contributed by atoms with van der Waals surface area (Å²) in [4.78, 5) is 14.9. The first-order valence-electron chi connectivity index (χ1n) is 7.75. The summed E-state index contributed by atoms with van der Waals surface area (Å²) in [6.45, 7) is 2.99. The highest BCUT2D eigenvalue weighted by Gasteiger charge is 2.21. The van der Waals surface area contributed by atoms with E-state index in [2.05, 4.69) is 4.90 Å². The molecule has 1 aromatic carbocycles. The van der Waals surface area contributed by atoms with Crippen molar-refractivity contribution in [2.75, 3.05) is 41.0 Å². The van der Waals surface area contributed by atoms with Gasteiger partial charge in [-0.25, -0.2) is 0 Å². The molecule has 0 aliphatic carbocycles. The third-order valence-corrected chi connectivity index (χ3v) is 4.11. The first kappa shape index (κ1) is 16.6. The van der Waals surface area contributed by atoms with Gasteiger partial charge in [0.2, 0.25) is 5.75 Å². The summed E-state index contributed by atoms with van der Waals surface area (Å²) >= 11 is 0. The molecule has 0 spiro atoms. The van der Waals surface area contributed by atoms with Crippen molar-refractivity contribution >= 4 is 5.78 Å². The second-order valence-corrected chi connectivity index (χ2v) is 5.46. The predicted octanol–water partition coefficient (Wildman–Crippen LogP) is 2.77. The minimum atomic E-state index is 0.0726. The van der Waals surface area contributed by atoms with Crippen molar-refractivity contribution in [2.45, 2.75) is 25.7 Å². The Labute approximate surface area is 132 Å². The van der Waals surface area contributed by atoms with E-state index in [1.54, 1.807) is 33.5 Å². The molecule has 0 N–H and O–H groups in total. The second-order valence-electron chi connectivity index (χ2n) is 5.46. The first-order valence-corrected chi connectivity index (χ1v) is 7.75. The van der Waals surface area contributed by atoms with Crippen LogP contribution in [-0.2, 0) is 0 Å². The lowest BCUT2D eigenvalue weighted by atomic mass is 10.0. The molecule has 122 valence electrons. The number of methoxy groups -OCH3 is 3. The highest BCUT2D eigenvalue weighted by atomic mass is 16.5. The van der Waals surface area contributed by atoms with Gasteiger partial charge in [0.05, 0.1) is 26.9 Å². The van der Waals surface area contributed by atoms with Gasteiger partial charge in [-0.15, -0.1) is 0 Å². The van der Waals surface area contributed by atoms with E-state index < -0.39 is 0 Å². The molecule has 22 heavy (non-hydrogen) atoms. The average molecular weight is 307 g/mol. The zero-order chi connectivity index (χ0) is 15.9. The maximum absolute atomic E-state index is 12.5. The number of ether oxygens (including phenoxy) is 3. The fourth-order valence-electron chi connectivity index (χ4n) is 2.90. The van der Waals surface area contributed by atoms with Crippen molar-refractivity contribution in [2.24, 2.45) is 0 Å². The van der Waals surface area contributed by atoms with Gasteiger partial charge >= 0.3 is 0 Å². The number of benzene rings is 1. The van der Waals surface area contributed by atoms with Crippen LogP contribution in [0.25, 0.3) is 0 Å². The summed E-state index contributed by atoms with van der Waals surface area (Å²) in [7, 11) is 4.65. The Kier molecular flexibility index (Phi) is 6.07. The van der Waals surface area contributed by atoms with Crippen LogP contribution in [0, 0.1) is 0 Å². The maximum atomic E-state index is 12.5. The summed E-state index contributed by atoms with van der Waals surface area (Å²) < 4.78 is 16.0. The van der Waals surface area contributed by atoms with Crippen molar-refractivity contribution in [1.29, 1.82) is 0 Å². The SMILES string of the molecule is COc1ccc(C(=O)CCN2CCCCC2)c(OC)c1OC. The lowest BCUT2D eigenvalue weighted by Crippen LogP contribution is -2.31. The topological polar surface area (TPSA) is 48.0 Å². The molecule has 0 amide bonds. The highest BCUT2D eigenvalue weighted by molar-refractivity contribution is 6.00. The van der Waals surface area contributed by atoms with Crippen LogP contribution < -0.4 is 14.2 Å². The number of hydrogen-bond donors (Lipinski definition) is 0. The zero-order valence-electron chi connectivity index (χ0n) is 13.7. The number of likely N-dealkylation sites (tertiary alicyclic amines) is 1. The van der Waals surface area contributed by atoms with Gasteiger partial charge in [0.25, 0.3) is 0 Å². The number of carbonyl (C=O) groups is 1. The molecule has 0 aromatic heterocycles. The second kappa shape index (κ2) is 8.03. The van der Waals surface area contributed by atoms with Gasteiger partial charge in [-0.2, -0.15) is 0 Å². The van der Waals surface area contributed by atoms with Gasteiger partial charge in [-0.05, 0) is 38.1 Å². The smallest absolute Gasteiger partial charge is 0.204 e. The summed E-state index contributed by atoms with van der Waals surface area (Å²) in [5.41, 5.74) is 0.553. The first-order chi connectivity index (χ1) is 10.7. The minimum absolute atomic E-state index is 0.0726. The van der Waals surface area contributed by atoms with E-state index in [1.165, 1.54) is 19.3 Å². The maximum Gasteiger partial charge on any atom is 0.204 e. The molecule has 0 unspecified atom stereocenters. The van der Waals surface area contributed by atoms with E-state index in [1.807, 2.05) is 0 Å². The number of rotatable bonds is 7. The summed E-state index contributed by atoms with van der Waals surface area (Å²) in [5.74, 6) is 1.55. The van der Waals surface area contributed by atoms with Gasteiger partial charge in [0.15, 0.2) is 17.3 Å². The lowest BCUT2D eigenvalue weighted by molar-refractivity contribution is 0.0955. The highest BCUT2D eigenvalue weighted by Crippen LogP contribution is 2.40. The van der Waals surface area contributed by atoms with E-state index in [0.29, 0.717) is 29.2 Å². The molecule has 0 radical (unpaired) electrons. The Morgan fingerprint density at radius 3 is 2.27 bits per heavy atom. The number of carbonyl (C=O) groups excluding carboxylic acids is 1. The van der Waals surface area contributed by atoms with Crippen LogP contribution in [0.15, 0.2) is 12.1 Å². The Hall–Kier alpha value is -1.75. The molecular weight excluding hydrogens is 282 g/mol. The van der Waals surface area contributed by atoms with Gasteiger partial charge in [-0.1, -0.05) is 6.42 Å². The number of nitrogens with zero attached hydrogens (tertiary/aromatic N) is 1. The van der Waals surface area contributed by atoms with Crippen LogP contribution in [0.4, 0.5) is 0 Å². The summed E-state index contributed by atoms with van der Waals surface area (Å²) in [6.07, 6.45) is 4.25. The van der Waals surface area contributed by atoms with Crippen LogP contribution in [0.5, 0.6) is 17.2 Å². The molecule has 5 nitrogen and oxygen atoms in total. The molecule has 1 saturated heterocycles. The van der Waals surface area contributed by atoms with E-state index in [9.17, 15) is 4.79 Å². The van der Waals surface area contributed by atoms with Crippen LogP contribution in [0.2, 0.25) is 0 Å². The molecule has 0 bridgehead atoms. The number of Topliss-reactive ketones (excluding diaryl/α,β-unsaturated/α-hetero) is 1. The van der Waals surface area contributed by atoms with Crippen molar-refractivity contribution in [3.63, 3.8) is 0 Å². The fourth-order valence-corrected chi connectivity index (χ4v) is 2.90. The number of ketones is 1. The van der Waals surface area contributed by atoms with Crippen LogP contribution >= 0.6 is 0 Å². The molecule has 1 heterocycles. The Morgan fingerprint density at radius 1 is 1.00 bits per heavy atom. The van der Waals surface area contributed by atoms with Crippen LogP contribution in [0.3, 0.4) is 0 Å².